The largest absolute Gasteiger partial charge is 0.496 e. The fourth-order valence-corrected chi connectivity index (χ4v) is 4.08. The van der Waals surface area contributed by atoms with Gasteiger partial charge in [0.05, 0.1) is 18.4 Å². The fraction of sp³-hybridized carbons (Fsp3) is 0.286. The lowest BCUT2D eigenvalue weighted by Crippen LogP contribution is -2.32. The van der Waals surface area contributed by atoms with E-state index in [1.807, 2.05) is 12.1 Å². The first-order valence-electron chi connectivity index (χ1n) is 8.59. The number of carbonyl (C=O) groups is 3. The van der Waals surface area contributed by atoms with E-state index in [-0.39, 0.29) is 28.7 Å². The minimum absolute atomic E-state index is 0.213. The zero-order valence-corrected chi connectivity index (χ0v) is 17.1. The van der Waals surface area contributed by atoms with Gasteiger partial charge in [-0.05, 0) is 23.6 Å². The van der Waals surface area contributed by atoms with Crippen molar-refractivity contribution in [2.75, 3.05) is 12.4 Å². The van der Waals surface area contributed by atoms with Crippen LogP contribution in [0.4, 0.5) is 5.69 Å². The number of hydrogen-bond donors (Lipinski definition) is 1. The molecule has 0 saturated carbocycles. The SMILES string of the molecule is COc1cc(C(C)C)ccc1C1(Br)C(=O)c2cccc(NC(C)=O)c2C1=O. The van der Waals surface area contributed by atoms with Gasteiger partial charge in [-0.3, -0.25) is 14.4 Å². The number of carbonyl (C=O) groups excluding carboxylic acids is 3. The molecular weight excluding hydrogens is 410 g/mol. The normalized spacial score (nSPS) is 18.6. The van der Waals surface area contributed by atoms with E-state index in [1.165, 1.54) is 14.0 Å². The molecular formula is C21H20BrNO4. The van der Waals surface area contributed by atoms with Crippen molar-refractivity contribution >= 4 is 39.1 Å². The summed E-state index contributed by atoms with van der Waals surface area (Å²) in [5, 5.41) is 2.63. The van der Waals surface area contributed by atoms with Crippen molar-refractivity contribution in [3.63, 3.8) is 0 Å². The standard InChI is InChI=1S/C21H20BrNO4/c1-11(2)13-8-9-15(17(10-13)27-4)21(22)19(25)14-6-5-7-16(23-12(3)24)18(14)20(21)26/h5-11H,1-4H3,(H,23,24). The number of amides is 1. The third kappa shape index (κ3) is 2.98. The van der Waals surface area contributed by atoms with Gasteiger partial charge in [0.15, 0.2) is 15.9 Å². The molecule has 0 aliphatic heterocycles. The lowest BCUT2D eigenvalue weighted by molar-refractivity contribution is -0.114. The maximum Gasteiger partial charge on any atom is 0.221 e. The molecule has 0 spiro atoms. The summed E-state index contributed by atoms with van der Waals surface area (Å²) in [6, 6.07) is 10.4. The average Bonchev–Trinajstić information content (AvgIpc) is 2.83. The fourth-order valence-electron chi connectivity index (χ4n) is 3.34. The summed E-state index contributed by atoms with van der Waals surface area (Å²) in [5.74, 6) is -0.353. The molecule has 0 bridgehead atoms. The highest BCUT2D eigenvalue weighted by Gasteiger charge is 2.54. The van der Waals surface area contributed by atoms with E-state index in [2.05, 4.69) is 35.1 Å². The number of benzene rings is 2. The number of hydrogen-bond acceptors (Lipinski definition) is 4. The van der Waals surface area contributed by atoms with Gasteiger partial charge in [-0.2, -0.15) is 0 Å². The second kappa shape index (κ2) is 6.93. The van der Waals surface area contributed by atoms with E-state index >= 15 is 0 Å². The van der Waals surface area contributed by atoms with E-state index < -0.39 is 10.1 Å². The molecule has 1 N–H and O–H groups in total. The van der Waals surface area contributed by atoms with Gasteiger partial charge < -0.3 is 10.1 Å². The van der Waals surface area contributed by atoms with Crippen LogP contribution in [-0.4, -0.2) is 24.6 Å². The minimum Gasteiger partial charge on any atom is -0.496 e. The molecule has 2 aromatic rings. The number of ketones is 2. The van der Waals surface area contributed by atoms with E-state index in [9.17, 15) is 14.4 Å². The first-order chi connectivity index (χ1) is 12.7. The lowest BCUT2D eigenvalue weighted by atomic mass is 9.90. The van der Waals surface area contributed by atoms with Gasteiger partial charge in [0, 0.05) is 18.1 Å². The van der Waals surface area contributed by atoms with Crippen molar-refractivity contribution in [3.8, 4) is 5.75 Å². The molecule has 2 aromatic carbocycles. The average molecular weight is 430 g/mol. The molecule has 5 nitrogen and oxygen atoms in total. The molecule has 27 heavy (non-hydrogen) atoms. The Morgan fingerprint density at radius 2 is 1.85 bits per heavy atom. The highest BCUT2D eigenvalue weighted by molar-refractivity contribution is 9.10. The number of fused-ring (bicyclic) bond motifs is 1. The quantitative estimate of drug-likeness (QED) is 0.575. The van der Waals surface area contributed by atoms with Crippen molar-refractivity contribution in [2.24, 2.45) is 0 Å². The van der Waals surface area contributed by atoms with Crippen molar-refractivity contribution < 1.29 is 19.1 Å². The lowest BCUT2D eigenvalue weighted by Gasteiger charge is -2.23. The molecule has 1 amide bonds. The molecule has 1 aliphatic carbocycles. The summed E-state index contributed by atoms with van der Waals surface area (Å²) < 4.78 is 3.92. The predicted octanol–water partition coefficient (Wildman–Crippen LogP) is 4.45. The number of alkyl halides is 1. The maximum absolute atomic E-state index is 13.3. The second-order valence-electron chi connectivity index (χ2n) is 6.84. The van der Waals surface area contributed by atoms with Crippen LogP contribution < -0.4 is 10.1 Å². The van der Waals surface area contributed by atoms with Gasteiger partial charge in [0.25, 0.3) is 0 Å². The molecule has 1 atom stereocenters. The molecule has 0 heterocycles. The van der Waals surface area contributed by atoms with Gasteiger partial charge in [0.2, 0.25) is 5.91 Å². The number of Topliss-reactive ketones (excluding diaryl/α,β-unsaturated/α-hetero) is 2. The molecule has 140 valence electrons. The van der Waals surface area contributed by atoms with Gasteiger partial charge in [-0.15, -0.1) is 0 Å². The van der Waals surface area contributed by atoms with Gasteiger partial charge in [-0.25, -0.2) is 0 Å². The van der Waals surface area contributed by atoms with Crippen LogP contribution >= 0.6 is 15.9 Å². The molecule has 0 radical (unpaired) electrons. The molecule has 6 heteroatoms. The number of rotatable bonds is 4. The Morgan fingerprint density at radius 1 is 1.15 bits per heavy atom. The van der Waals surface area contributed by atoms with Crippen LogP contribution in [0.15, 0.2) is 36.4 Å². The Bertz CT molecular complexity index is 967. The molecule has 1 unspecified atom stereocenters. The summed E-state index contributed by atoms with van der Waals surface area (Å²) in [4.78, 5) is 38.1. The maximum atomic E-state index is 13.3. The van der Waals surface area contributed by atoms with Crippen LogP contribution in [0.5, 0.6) is 5.75 Å². The smallest absolute Gasteiger partial charge is 0.221 e. The number of anilines is 1. The number of methoxy groups -OCH3 is 1. The number of ether oxygens (including phenoxy) is 1. The predicted molar refractivity (Wildman–Crippen MR) is 107 cm³/mol. The van der Waals surface area contributed by atoms with E-state index in [0.717, 1.165) is 5.56 Å². The van der Waals surface area contributed by atoms with Crippen molar-refractivity contribution in [2.45, 2.75) is 31.0 Å². The second-order valence-corrected chi connectivity index (χ2v) is 8.03. The Labute approximate surface area is 166 Å². The summed E-state index contributed by atoms with van der Waals surface area (Å²) >= 11 is 3.43. The van der Waals surface area contributed by atoms with E-state index in [0.29, 0.717) is 17.0 Å². The van der Waals surface area contributed by atoms with E-state index in [1.54, 1.807) is 24.3 Å². The van der Waals surface area contributed by atoms with Gasteiger partial charge in [0.1, 0.15) is 5.75 Å². The van der Waals surface area contributed by atoms with Crippen LogP contribution in [0, 0.1) is 0 Å². The van der Waals surface area contributed by atoms with Crippen LogP contribution in [0.25, 0.3) is 0 Å². The van der Waals surface area contributed by atoms with E-state index in [4.69, 9.17) is 4.74 Å². The summed E-state index contributed by atoms with van der Waals surface area (Å²) in [6.07, 6.45) is 0. The Morgan fingerprint density at radius 3 is 2.44 bits per heavy atom. The Hall–Kier alpha value is -2.47. The third-order valence-electron chi connectivity index (χ3n) is 4.74. The topological polar surface area (TPSA) is 72.5 Å². The summed E-state index contributed by atoms with van der Waals surface area (Å²) in [7, 11) is 1.51. The number of halogens is 1. The minimum atomic E-state index is -1.58. The van der Waals surface area contributed by atoms with Gasteiger partial charge >= 0.3 is 0 Å². The summed E-state index contributed by atoms with van der Waals surface area (Å²) in [5.41, 5.74) is 2.32. The third-order valence-corrected chi connectivity index (χ3v) is 5.88. The Balaban J connectivity index is 2.19. The van der Waals surface area contributed by atoms with Crippen LogP contribution in [0.3, 0.4) is 0 Å². The van der Waals surface area contributed by atoms with Crippen LogP contribution in [0.2, 0.25) is 0 Å². The molecule has 1 aliphatic rings. The summed E-state index contributed by atoms with van der Waals surface area (Å²) in [6.45, 7) is 5.47. The molecule has 0 saturated heterocycles. The first-order valence-corrected chi connectivity index (χ1v) is 9.38. The molecule has 0 aromatic heterocycles. The monoisotopic (exact) mass is 429 g/mol. The van der Waals surface area contributed by atoms with Crippen LogP contribution in [-0.2, 0) is 9.12 Å². The van der Waals surface area contributed by atoms with Crippen LogP contribution in [0.1, 0.15) is 58.5 Å². The molecule has 3 rings (SSSR count). The Kier molecular flexibility index (Phi) is 4.95. The zero-order valence-electron chi connectivity index (χ0n) is 15.6. The zero-order chi connectivity index (χ0) is 19.9. The molecule has 0 fully saturated rings. The van der Waals surface area contributed by atoms with Crippen molar-refractivity contribution in [1.29, 1.82) is 0 Å². The van der Waals surface area contributed by atoms with Gasteiger partial charge in [-0.1, -0.05) is 54.0 Å². The highest BCUT2D eigenvalue weighted by atomic mass is 79.9. The van der Waals surface area contributed by atoms with Crippen molar-refractivity contribution in [1.82, 2.24) is 0 Å². The first kappa shape index (κ1) is 19.3. The number of nitrogens with one attached hydrogen (secondary N) is 1. The van der Waals surface area contributed by atoms with Crippen molar-refractivity contribution in [3.05, 3.63) is 58.7 Å². The highest BCUT2D eigenvalue weighted by Crippen LogP contribution is 2.49.